The van der Waals surface area contributed by atoms with E-state index in [1.165, 1.54) is 18.2 Å². The van der Waals surface area contributed by atoms with Crippen molar-refractivity contribution in [3.63, 3.8) is 0 Å². The van der Waals surface area contributed by atoms with Crippen LogP contribution in [0.1, 0.15) is 73.6 Å². The van der Waals surface area contributed by atoms with Gasteiger partial charge in [0, 0.05) is 17.4 Å². The van der Waals surface area contributed by atoms with Crippen molar-refractivity contribution in [2.24, 2.45) is 11.8 Å². The zero-order chi connectivity index (χ0) is 28.2. The lowest BCUT2D eigenvalue weighted by Gasteiger charge is -2.37. The number of alkyl halides is 5. The van der Waals surface area contributed by atoms with Crippen LogP contribution in [0.4, 0.5) is 30.7 Å². The fourth-order valence-electron chi connectivity index (χ4n) is 5.30. The Morgan fingerprint density at radius 2 is 1.46 bits per heavy atom. The minimum absolute atomic E-state index is 0.00726. The normalized spacial score (nSPS) is 24.8. The maximum absolute atomic E-state index is 14.9. The van der Waals surface area contributed by atoms with Crippen molar-refractivity contribution in [1.82, 2.24) is 0 Å². The van der Waals surface area contributed by atoms with Gasteiger partial charge in [-0.2, -0.15) is 8.78 Å². The van der Waals surface area contributed by atoms with Crippen molar-refractivity contribution >= 4 is 12.2 Å². The summed E-state index contributed by atoms with van der Waals surface area (Å²) in [4.78, 5) is 0. The van der Waals surface area contributed by atoms with Gasteiger partial charge in [0.1, 0.15) is 11.6 Å². The van der Waals surface area contributed by atoms with E-state index in [9.17, 15) is 30.7 Å². The number of hydrogen-bond acceptors (Lipinski definition) is 3. The molecule has 214 valence electrons. The molecular weight excluding hydrogens is 529 g/mol. The van der Waals surface area contributed by atoms with Crippen molar-refractivity contribution in [3.8, 4) is 0 Å². The van der Waals surface area contributed by atoms with Crippen molar-refractivity contribution in [2.45, 2.75) is 70.1 Å². The molecule has 0 N–H and O–H groups in total. The van der Waals surface area contributed by atoms with E-state index < -0.39 is 29.7 Å². The van der Waals surface area contributed by atoms with Crippen LogP contribution < -0.4 is 0 Å². The molecule has 2 aromatic rings. The van der Waals surface area contributed by atoms with Crippen LogP contribution >= 0.6 is 0 Å². The summed E-state index contributed by atoms with van der Waals surface area (Å²) in [5.41, 5.74) is -0.468. The minimum Gasteiger partial charge on any atom is -0.352 e. The third kappa shape index (κ3) is 7.83. The van der Waals surface area contributed by atoms with E-state index in [0.29, 0.717) is 24.7 Å². The lowest BCUT2D eigenvalue weighted by Crippen LogP contribution is -2.38. The molecule has 3 nitrogen and oxygen atoms in total. The summed E-state index contributed by atoms with van der Waals surface area (Å²) in [5, 5.41) is 0. The highest BCUT2D eigenvalue weighted by molar-refractivity contribution is 5.70. The fraction of sp³-hybridized carbons (Fsp3) is 0.517. The van der Waals surface area contributed by atoms with Gasteiger partial charge in [-0.15, -0.1) is 13.2 Å². The number of hydrogen-bond donors (Lipinski definition) is 0. The second-order valence-corrected chi connectivity index (χ2v) is 10.2. The minimum atomic E-state index is -5.51. The van der Waals surface area contributed by atoms with E-state index in [4.69, 9.17) is 9.47 Å². The SMILES string of the molecule is CCCC1COC(C2CCC(c3cc(F)c(C=Cc4ccc(C(F)(F)OC(F)(F)F)cc4)c(F)c3)CC2)OC1. The molecule has 1 aliphatic carbocycles. The predicted octanol–water partition coefficient (Wildman–Crippen LogP) is 8.78. The summed E-state index contributed by atoms with van der Waals surface area (Å²) in [7, 11) is 0. The van der Waals surface area contributed by atoms with Gasteiger partial charge in [0.15, 0.2) is 6.29 Å². The summed E-state index contributed by atoms with van der Waals surface area (Å²) in [6, 6.07) is 6.34. The Morgan fingerprint density at radius 1 is 0.872 bits per heavy atom. The Labute approximate surface area is 222 Å². The van der Waals surface area contributed by atoms with Crippen LogP contribution in [-0.2, 0) is 20.3 Å². The van der Waals surface area contributed by atoms with Gasteiger partial charge in [-0.3, -0.25) is 0 Å². The summed E-state index contributed by atoms with van der Waals surface area (Å²) in [5.74, 6) is -0.819. The van der Waals surface area contributed by atoms with Crippen molar-refractivity contribution in [2.75, 3.05) is 13.2 Å². The summed E-state index contributed by atoms with van der Waals surface area (Å²) >= 11 is 0. The van der Waals surface area contributed by atoms with Crippen molar-refractivity contribution in [3.05, 3.63) is 70.3 Å². The van der Waals surface area contributed by atoms with Crippen LogP contribution in [0, 0.1) is 23.5 Å². The molecule has 2 aromatic carbocycles. The molecule has 1 aliphatic heterocycles. The molecule has 1 heterocycles. The van der Waals surface area contributed by atoms with Gasteiger partial charge in [-0.25, -0.2) is 13.5 Å². The molecule has 2 aliphatic rings. The number of ether oxygens (including phenoxy) is 3. The molecule has 4 rings (SSSR count). The van der Waals surface area contributed by atoms with Gasteiger partial charge in [-0.1, -0.05) is 31.6 Å². The van der Waals surface area contributed by atoms with E-state index >= 15 is 0 Å². The second-order valence-electron chi connectivity index (χ2n) is 10.2. The van der Waals surface area contributed by atoms with Crippen molar-refractivity contribution in [1.29, 1.82) is 0 Å². The van der Waals surface area contributed by atoms with Gasteiger partial charge in [-0.05, 0) is 79.5 Å². The lowest BCUT2D eigenvalue weighted by atomic mass is 9.78. The molecule has 1 saturated carbocycles. The largest absolute Gasteiger partial charge is 0.527 e. The van der Waals surface area contributed by atoms with Gasteiger partial charge in [0.2, 0.25) is 0 Å². The highest BCUT2D eigenvalue weighted by Crippen LogP contribution is 2.40. The first kappa shape index (κ1) is 29.6. The number of rotatable bonds is 8. The van der Waals surface area contributed by atoms with Crippen LogP contribution in [0.2, 0.25) is 0 Å². The molecule has 0 bridgehead atoms. The molecule has 1 saturated heterocycles. The van der Waals surface area contributed by atoms with Crippen LogP contribution in [0.15, 0.2) is 36.4 Å². The molecule has 0 aromatic heterocycles. The number of benzene rings is 2. The predicted molar refractivity (Wildman–Crippen MR) is 132 cm³/mol. The van der Waals surface area contributed by atoms with E-state index in [2.05, 4.69) is 11.7 Å². The van der Waals surface area contributed by atoms with Gasteiger partial charge in [0.05, 0.1) is 18.8 Å². The molecule has 0 radical (unpaired) electrons. The smallest absolute Gasteiger partial charge is 0.352 e. The average molecular weight is 561 g/mol. The van der Waals surface area contributed by atoms with Crippen LogP contribution in [0.5, 0.6) is 0 Å². The maximum Gasteiger partial charge on any atom is 0.527 e. The van der Waals surface area contributed by atoms with Crippen LogP contribution in [-0.4, -0.2) is 25.9 Å². The Balaban J connectivity index is 1.35. The Kier molecular flexibility index (Phi) is 9.39. The van der Waals surface area contributed by atoms with Crippen LogP contribution in [0.3, 0.4) is 0 Å². The summed E-state index contributed by atoms with van der Waals surface area (Å²) < 4.78 is 108. The quantitative estimate of drug-likeness (QED) is 0.239. The van der Waals surface area contributed by atoms with Gasteiger partial charge < -0.3 is 9.47 Å². The van der Waals surface area contributed by atoms with E-state index in [1.807, 2.05) is 0 Å². The third-order valence-electron chi connectivity index (χ3n) is 7.35. The molecule has 10 heteroatoms. The molecule has 39 heavy (non-hydrogen) atoms. The summed E-state index contributed by atoms with van der Waals surface area (Å²) in [6.45, 7) is 3.54. The number of halogens is 7. The highest BCUT2D eigenvalue weighted by Gasteiger charge is 2.46. The van der Waals surface area contributed by atoms with Crippen LogP contribution in [0.25, 0.3) is 12.2 Å². The molecule has 0 atom stereocenters. The Morgan fingerprint density at radius 3 is 2.00 bits per heavy atom. The standard InChI is InChI=1S/C29H31F7O3/c1-2-3-19-16-37-27(38-17-19)21-9-7-20(8-10-21)22-14-25(30)24(26(31)15-22)13-6-18-4-11-23(12-5-18)28(32,33)39-29(34,35)36/h4-6,11-15,19-21,27H,2-3,7-10,16-17H2,1H3. The molecule has 0 spiro atoms. The maximum atomic E-state index is 14.9. The van der Waals surface area contributed by atoms with E-state index in [1.54, 1.807) is 0 Å². The third-order valence-corrected chi connectivity index (χ3v) is 7.35. The summed E-state index contributed by atoms with van der Waals surface area (Å²) in [6.07, 6.45) is -2.50. The Hall–Kier alpha value is -2.43. The monoisotopic (exact) mass is 560 g/mol. The van der Waals surface area contributed by atoms with Crippen molar-refractivity contribution < 1.29 is 44.9 Å². The fourth-order valence-corrected chi connectivity index (χ4v) is 5.30. The molecular formula is C29H31F7O3. The molecule has 2 fully saturated rings. The second kappa shape index (κ2) is 12.4. The lowest BCUT2D eigenvalue weighted by molar-refractivity contribution is -0.431. The van der Waals surface area contributed by atoms with Gasteiger partial charge >= 0.3 is 12.5 Å². The van der Waals surface area contributed by atoms with E-state index in [-0.39, 0.29) is 29.3 Å². The average Bonchev–Trinajstić information content (AvgIpc) is 2.88. The molecule has 0 unspecified atom stereocenters. The Bertz CT molecular complexity index is 1090. The first-order valence-electron chi connectivity index (χ1n) is 13.1. The van der Waals surface area contributed by atoms with E-state index in [0.717, 1.165) is 68.9 Å². The first-order chi connectivity index (χ1) is 18.4. The topological polar surface area (TPSA) is 27.7 Å². The zero-order valence-corrected chi connectivity index (χ0v) is 21.5. The highest BCUT2D eigenvalue weighted by atomic mass is 19.4. The first-order valence-corrected chi connectivity index (χ1v) is 13.1. The molecule has 0 amide bonds. The zero-order valence-electron chi connectivity index (χ0n) is 21.5. The van der Waals surface area contributed by atoms with Gasteiger partial charge in [0.25, 0.3) is 0 Å².